The molecule has 7 heteroatoms. The summed E-state index contributed by atoms with van der Waals surface area (Å²) in [4.78, 5) is 42.6. The topological polar surface area (TPSA) is 69.7 Å². The Balaban J connectivity index is 1.86. The molecule has 2 aromatic rings. The van der Waals surface area contributed by atoms with Gasteiger partial charge in [-0.2, -0.15) is 0 Å². The summed E-state index contributed by atoms with van der Waals surface area (Å²) < 4.78 is 14.4. The molecule has 0 aromatic heterocycles. The molecule has 2 heterocycles. The highest BCUT2D eigenvalue weighted by Gasteiger charge is 2.61. The van der Waals surface area contributed by atoms with Crippen molar-refractivity contribution >= 4 is 29.1 Å². The number of fused-ring (bicyclic) bond motifs is 3. The molecule has 2 aliphatic heterocycles. The van der Waals surface area contributed by atoms with Crippen molar-refractivity contribution in [1.82, 2.24) is 4.90 Å². The summed E-state index contributed by atoms with van der Waals surface area (Å²) in [6, 6.07) is 10.9. The van der Waals surface area contributed by atoms with Gasteiger partial charge in [-0.1, -0.05) is 18.2 Å². The molecule has 4 rings (SSSR count). The average molecular weight is 395 g/mol. The second kappa shape index (κ2) is 6.69. The summed E-state index contributed by atoms with van der Waals surface area (Å²) in [5, 5.41) is 2.62. The monoisotopic (exact) mass is 395 g/mol. The largest absolute Gasteiger partial charge is 0.320 e. The summed E-state index contributed by atoms with van der Waals surface area (Å²) in [7, 11) is 0. The van der Waals surface area contributed by atoms with Crippen LogP contribution in [0.1, 0.15) is 42.6 Å². The van der Waals surface area contributed by atoms with Gasteiger partial charge in [0.25, 0.3) is 11.8 Å². The van der Waals surface area contributed by atoms with Crippen LogP contribution in [-0.2, 0) is 9.59 Å². The minimum atomic E-state index is -1.53. The molecule has 2 aromatic carbocycles. The van der Waals surface area contributed by atoms with E-state index in [-0.39, 0.29) is 36.4 Å². The SMILES string of the molecule is Cc1ccc(NC(=O)C23CCC(=O)N2c2ccccc2C(=O)N3C(C)C)c(F)c1. The van der Waals surface area contributed by atoms with Crippen LogP contribution in [0.2, 0.25) is 0 Å². The van der Waals surface area contributed by atoms with E-state index in [2.05, 4.69) is 5.32 Å². The van der Waals surface area contributed by atoms with Crippen molar-refractivity contribution in [1.29, 1.82) is 0 Å². The molecule has 0 aliphatic carbocycles. The third kappa shape index (κ3) is 2.72. The van der Waals surface area contributed by atoms with Gasteiger partial charge in [-0.05, 0) is 50.6 Å². The van der Waals surface area contributed by atoms with Gasteiger partial charge in [-0.15, -0.1) is 0 Å². The van der Waals surface area contributed by atoms with Crippen LogP contribution in [0.4, 0.5) is 15.8 Å². The quantitative estimate of drug-likeness (QED) is 0.865. The van der Waals surface area contributed by atoms with E-state index in [0.29, 0.717) is 11.3 Å². The number of para-hydroxylation sites is 1. The van der Waals surface area contributed by atoms with Gasteiger partial charge in [0.15, 0.2) is 0 Å². The van der Waals surface area contributed by atoms with Crippen molar-refractivity contribution in [2.45, 2.75) is 45.3 Å². The lowest BCUT2D eigenvalue weighted by atomic mass is 9.94. The zero-order valence-corrected chi connectivity index (χ0v) is 16.5. The number of carbonyl (C=O) groups is 3. The van der Waals surface area contributed by atoms with E-state index in [4.69, 9.17) is 0 Å². The lowest BCUT2D eigenvalue weighted by Crippen LogP contribution is -2.70. The highest BCUT2D eigenvalue weighted by Crippen LogP contribution is 2.45. The average Bonchev–Trinajstić information content (AvgIpc) is 3.02. The molecule has 29 heavy (non-hydrogen) atoms. The van der Waals surface area contributed by atoms with Crippen LogP contribution in [0.3, 0.4) is 0 Å². The van der Waals surface area contributed by atoms with Crippen molar-refractivity contribution in [3.8, 4) is 0 Å². The second-order valence-electron chi connectivity index (χ2n) is 7.77. The Labute approximate surface area is 168 Å². The molecule has 6 nitrogen and oxygen atoms in total. The Morgan fingerprint density at radius 1 is 1.17 bits per heavy atom. The van der Waals surface area contributed by atoms with Crippen molar-refractivity contribution in [2.24, 2.45) is 0 Å². The number of carbonyl (C=O) groups excluding carboxylic acids is 3. The first-order valence-corrected chi connectivity index (χ1v) is 9.60. The normalized spacial score (nSPS) is 20.7. The number of halogens is 1. The van der Waals surface area contributed by atoms with Gasteiger partial charge in [0.1, 0.15) is 5.82 Å². The van der Waals surface area contributed by atoms with Crippen LogP contribution < -0.4 is 10.2 Å². The zero-order valence-electron chi connectivity index (χ0n) is 16.5. The van der Waals surface area contributed by atoms with E-state index in [1.807, 2.05) is 0 Å². The minimum Gasteiger partial charge on any atom is -0.320 e. The molecule has 150 valence electrons. The number of nitrogens with one attached hydrogen (secondary N) is 1. The molecule has 0 spiro atoms. The van der Waals surface area contributed by atoms with Crippen LogP contribution in [0.5, 0.6) is 0 Å². The molecular formula is C22H22FN3O3. The maximum absolute atomic E-state index is 14.4. The predicted molar refractivity (Wildman–Crippen MR) is 107 cm³/mol. The van der Waals surface area contributed by atoms with E-state index in [9.17, 15) is 18.8 Å². The molecule has 2 aliphatic rings. The number of benzene rings is 2. The molecule has 1 N–H and O–H groups in total. The summed E-state index contributed by atoms with van der Waals surface area (Å²) in [6.45, 7) is 5.35. The molecule has 1 unspecified atom stereocenters. The fourth-order valence-corrected chi connectivity index (χ4v) is 4.35. The first kappa shape index (κ1) is 19.1. The molecular weight excluding hydrogens is 373 g/mol. The Morgan fingerprint density at radius 3 is 2.59 bits per heavy atom. The number of hydrogen-bond acceptors (Lipinski definition) is 3. The van der Waals surface area contributed by atoms with Crippen molar-refractivity contribution in [3.05, 3.63) is 59.4 Å². The van der Waals surface area contributed by atoms with E-state index in [1.54, 1.807) is 51.1 Å². The first-order valence-electron chi connectivity index (χ1n) is 9.60. The van der Waals surface area contributed by atoms with Gasteiger partial charge in [0.2, 0.25) is 11.6 Å². The molecule has 1 fully saturated rings. The van der Waals surface area contributed by atoms with Gasteiger partial charge in [0.05, 0.1) is 16.9 Å². The van der Waals surface area contributed by atoms with Crippen molar-refractivity contribution in [2.75, 3.05) is 10.2 Å². The zero-order chi connectivity index (χ0) is 20.9. The molecule has 0 saturated carbocycles. The smallest absolute Gasteiger partial charge is 0.271 e. The summed E-state index contributed by atoms with van der Waals surface area (Å²) >= 11 is 0. The van der Waals surface area contributed by atoms with E-state index < -0.39 is 17.4 Å². The minimum absolute atomic E-state index is 0.0179. The predicted octanol–water partition coefficient (Wildman–Crippen LogP) is 3.46. The lowest BCUT2D eigenvalue weighted by molar-refractivity contribution is -0.129. The molecule has 1 saturated heterocycles. The summed E-state index contributed by atoms with van der Waals surface area (Å²) in [5.41, 5.74) is -0.00222. The van der Waals surface area contributed by atoms with Gasteiger partial charge < -0.3 is 10.2 Å². The van der Waals surface area contributed by atoms with Crippen LogP contribution in [0.25, 0.3) is 0 Å². The van der Waals surface area contributed by atoms with Gasteiger partial charge in [-0.3, -0.25) is 19.3 Å². The summed E-state index contributed by atoms with van der Waals surface area (Å²) in [6.07, 6.45) is 0.262. The van der Waals surface area contributed by atoms with Gasteiger partial charge in [-0.25, -0.2) is 4.39 Å². The van der Waals surface area contributed by atoms with Crippen LogP contribution in [0, 0.1) is 12.7 Å². The Morgan fingerprint density at radius 2 is 1.90 bits per heavy atom. The van der Waals surface area contributed by atoms with Gasteiger partial charge >= 0.3 is 0 Å². The highest BCUT2D eigenvalue weighted by molar-refractivity contribution is 6.18. The molecule has 1 atom stereocenters. The Bertz CT molecular complexity index is 1040. The van der Waals surface area contributed by atoms with E-state index >= 15 is 0 Å². The van der Waals surface area contributed by atoms with Crippen molar-refractivity contribution in [3.63, 3.8) is 0 Å². The number of aryl methyl sites for hydroxylation is 1. The number of amides is 3. The lowest BCUT2D eigenvalue weighted by Gasteiger charge is -2.50. The number of hydrogen-bond donors (Lipinski definition) is 1. The number of nitrogens with zero attached hydrogens (tertiary/aromatic N) is 2. The third-order valence-corrected chi connectivity index (χ3v) is 5.55. The second-order valence-corrected chi connectivity index (χ2v) is 7.77. The van der Waals surface area contributed by atoms with Crippen LogP contribution >= 0.6 is 0 Å². The third-order valence-electron chi connectivity index (χ3n) is 5.55. The highest BCUT2D eigenvalue weighted by atomic mass is 19.1. The molecule has 3 amide bonds. The van der Waals surface area contributed by atoms with E-state index in [1.165, 1.54) is 21.9 Å². The maximum Gasteiger partial charge on any atom is 0.271 e. The van der Waals surface area contributed by atoms with E-state index in [0.717, 1.165) is 5.56 Å². The Hall–Kier alpha value is -3.22. The number of rotatable bonds is 3. The van der Waals surface area contributed by atoms with Crippen LogP contribution in [-0.4, -0.2) is 34.3 Å². The first-order chi connectivity index (χ1) is 13.8. The van der Waals surface area contributed by atoms with Gasteiger partial charge in [0, 0.05) is 18.9 Å². The standard InChI is InChI=1S/C22H22FN3O3/c1-13(2)25-20(28)15-6-4-5-7-18(15)26-19(27)10-11-22(25,26)21(29)24-17-9-8-14(3)12-16(17)23/h4-9,12-13H,10-11H2,1-3H3,(H,24,29). The summed E-state index contributed by atoms with van der Waals surface area (Å²) in [5.74, 6) is -1.72. The fourth-order valence-electron chi connectivity index (χ4n) is 4.35. The fraction of sp³-hybridized carbons (Fsp3) is 0.318. The molecule has 0 bridgehead atoms. The molecule has 0 radical (unpaired) electrons. The van der Waals surface area contributed by atoms with Crippen molar-refractivity contribution < 1.29 is 18.8 Å². The maximum atomic E-state index is 14.4. The Kier molecular flexibility index (Phi) is 4.41. The van der Waals surface area contributed by atoms with Crippen LogP contribution in [0.15, 0.2) is 42.5 Å². The number of anilines is 2.